The summed E-state index contributed by atoms with van der Waals surface area (Å²) in [5.41, 5.74) is 0.932. The lowest BCUT2D eigenvalue weighted by atomic mass is 10.0. The number of halogens is 3. The van der Waals surface area contributed by atoms with E-state index in [1.165, 1.54) is 6.07 Å². The number of hydrogen-bond acceptors (Lipinski definition) is 3. The molecule has 1 N–H and O–H groups in total. The summed E-state index contributed by atoms with van der Waals surface area (Å²) in [5, 5.41) is 7.02. The number of rotatable bonds is 4. The highest BCUT2D eigenvalue weighted by Gasteiger charge is 2.23. The fraction of sp³-hybridized carbons (Fsp3) is 0.111. The Bertz CT molecular complexity index is 941. The van der Waals surface area contributed by atoms with Crippen molar-refractivity contribution in [3.8, 4) is 11.3 Å². The maximum atomic E-state index is 14.0. The van der Waals surface area contributed by atoms with Gasteiger partial charge in [-0.25, -0.2) is 8.78 Å². The van der Waals surface area contributed by atoms with Gasteiger partial charge in [-0.05, 0) is 36.8 Å². The number of benzene rings is 2. The molecule has 0 saturated heterocycles. The largest absolute Gasteiger partial charge is 0.360 e. The molecule has 0 spiro atoms. The quantitative estimate of drug-likeness (QED) is 0.742. The Hall–Kier alpha value is -2.73. The molecule has 7 heteroatoms. The van der Waals surface area contributed by atoms with Crippen molar-refractivity contribution in [2.45, 2.75) is 13.5 Å². The second kappa shape index (κ2) is 7.03. The molecule has 1 aromatic heterocycles. The summed E-state index contributed by atoms with van der Waals surface area (Å²) in [7, 11) is 0. The molecule has 1 amide bonds. The van der Waals surface area contributed by atoms with Gasteiger partial charge in [-0.15, -0.1) is 0 Å². The van der Waals surface area contributed by atoms with Crippen LogP contribution in [-0.4, -0.2) is 11.1 Å². The van der Waals surface area contributed by atoms with Crippen LogP contribution in [0.1, 0.15) is 21.7 Å². The van der Waals surface area contributed by atoms with Crippen molar-refractivity contribution in [1.82, 2.24) is 10.5 Å². The van der Waals surface area contributed by atoms with Crippen LogP contribution >= 0.6 is 11.6 Å². The number of hydrogen-bond donors (Lipinski definition) is 1. The number of carbonyl (C=O) groups excluding carboxylic acids is 1. The van der Waals surface area contributed by atoms with Gasteiger partial charge in [0.1, 0.15) is 28.7 Å². The van der Waals surface area contributed by atoms with Gasteiger partial charge in [-0.1, -0.05) is 28.9 Å². The molecule has 0 aliphatic heterocycles. The minimum absolute atomic E-state index is 0.00819. The summed E-state index contributed by atoms with van der Waals surface area (Å²) in [6.45, 7) is 1.78. The molecule has 0 radical (unpaired) electrons. The summed E-state index contributed by atoms with van der Waals surface area (Å²) >= 11 is 5.91. The molecule has 3 rings (SSSR count). The molecule has 0 bridgehead atoms. The maximum Gasteiger partial charge on any atom is 0.257 e. The van der Waals surface area contributed by atoms with Crippen LogP contribution in [0, 0.1) is 18.6 Å². The van der Waals surface area contributed by atoms with E-state index in [9.17, 15) is 13.6 Å². The molecule has 0 unspecified atom stereocenters. The van der Waals surface area contributed by atoms with Crippen molar-refractivity contribution in [3.63, 3.8) is 0 Å². The minimum Gasteiger partial charge on any atom is -0.360 e. The Morgan fingerprint density at radius 1 is 1.24 bits per heavy atom. The van der Waals surface area contributed by atoms with E-state index in [1.807, 2.05) is 6.07 Å². The van der Waals surface area contributed by atoms with E-state index in [0.717, 1.165) is 17.7 Å². The fourth-order valence-electron chi connectivity index (χ4n) is 2.42. The molecule has 0 fully saturated rings. The molecule has 0 atom stereocenters. The molecule has 0 aliphatic rings. The Kier molecular flexibility index (Phi) is 4.81. The zero-order valence-electron chi connectivity index (χ0n) is 13.1. The number of carbonyl (C=O) groups is 1. The van der Waals surface area contributed by atoms with Gasteiger partial charge in [0, 0.05) is 23.2 Å². The van der Waals surface area contributed by atoms with Crippen LogP contribution < -0.4 is 5.32 Å². The average Bonchev–Trinajstić information content (AvgIpc) is 2.94. The standard InChI is InChI=1S/C18H13ClF2N2O2/c1-10-16(18(24)22-9-11-3-2-4-12(19)7-11)17(23-25-10)14-6-5-13(20)8-15(14)21/h2-8H,9H2,1H3,(H,22,24). The van der Waals surface area contributed by atoms with Crippen molar-refractivity contribution >= 4 is 17.5 Å². The van der Waals surface area contributed by atoms with E-state index < -0.39 is 17.5 Å². The monoisotopic (exact) mass is 362 g/mol. The second-order valence-electron chi connectivity index (χ2n) is 5.40. The van der Waals surface area contributed by atoms with Gasteiger partial charge in [0.05, 0.1) is 0 Å². The Morgan fingerprint density at radius 2 is 2.04 bits per heavy atom. The van der Waals surface area contributed by atoms with Crippen LogP contribution in [0.3, 0.4) is 0 Å². The van der Waals surface area contributed by atoms with Crippen LogP contribution in [-0.2, 0) is 6.54 Å². The summed E-state index contributed by atoms with van der Waals surface area (Å²) < 4.78 is 32.1. The molecular weight excluding hydrogens is 350 g/mol. The number of aromatic nitrogens is 1. The van der Waals surface area contributed by atoms with Gasteiger partial charge < -0.3 is 9.84 Å². The lowest BCUT2D eigenvalue weighted by Crippen LogP contribution is -2.23. The first-order chi connectivity index (χ1) is 12.0. The van der Waals surface area contributed by atoms with Crippen molar-refractivity contribution in [3.05, 3.63) is 76.0 Å². The van der Waals surface area contributed by atoms with Crippen molar-refractivity contribution in [2.75, 3.05) is 0 Å². The maximum absolute atomic E-state index is 14.0. The highest BCUT2D eigenvalue weighted by atomic mass is 35.5. The molecule has 4 nitrogen and oxygen atoms in total. The summed E-state index contributed by atoms with van der Waals surface area (Å²) in [6.07, 6.45) is 0. The lowest BCUT2D eigenvalue weighted by Gasteiger charge is -2.07. The van der Waals surface area contributed by atoms with Gasteiger partial charge in [0.15, 0.2) is 0 Å². The van der Waals surface area contributed by atoms with Gasteiger partial charge in [-0.3, -0.25) is 4.79 Å². The van der Waals surface area contributed by atoms with E-state index in [0.29, 0.717) is 5.02 Å². The Balaban J connectivity index is 1.87. The first-order valence-corrected chi connectivity index (χ1v) is 7.78. The van der Waals surface area contributed by atoms with Crippen molar-refractivity contribution in [2.24, 2.45) is 0 Å². The molecule has 1 heterocycles. The summed E-state index contributed by atoms with van der Waals surface area (Å²) in [6, 6.07) is 10.1. The van der Waals surface area contributed by atoms with Gasteiger partial charge >= 0.3 is 0 Å². The van der Waals surface area contributed by atoms with E-state index in [2.05, 4.69) is 10.5 Å². The number of nitrogens with zero attached hydrogens (tertiary/aromatic N) is 1. The third kappa shape index (κ3) is 3.69. The lowest BCUT2D eigenvalue weighted by molar-refractivity contribution is 0.0950. The fourth-order valence-corrected chi connectivity index (χ4v) is 2.64. The van der Waals surface area contributed by atoms with E-state index >= 15 is 0 Å². The average molecular weight is 363 g/mol. The first kappa shape index (κ1) is 17.1. The van der Waals surface area contributed by atoms with Gasteiger partial charge in [0.2, 0.25) is 0 Å². The summed E-state index contributed by atoms with van der Waals surface area (Å²) in [5.74, 6) is -1.77. The third-order valence-corrected chi connectivity index (χ3v) is 3.85. The minimum atomic E-state index is -0.822. The van der Waals surface area contributed by atoms with E-state index in [-0.39, 0.29) is 29.1 Å². The number of nitrogens with one attached hydrogen (secondary N) is 1. The van der Waals surface area contributed by atoms with Crippen LogP contribution in [0.25, 0.3) is 11.3 Å². The number of aryl methyl sites for hydroxylation is 1. The molecule has 128 valence electrons. The Morgan fingerprint density at radius 3 is 2.76 bits per heavy atom. The molecule has 2 aromatic carbocycles. The van der Waals surface area contributed by atoms with Crippen molar-refractivity contribution < 1.29 is 18.1 Å². The first-order valence-electron chi connectivity index (χ1n) is 7.40. The van der Waals surface area contributed by atoms with Crippen molar-refractivity contribution in [1.29, 1.82) is 0 Å². The smallest absolute Gasteiger partial charge is 0.257 e. The van der Waals surface area contributed by atoms with E-state index in [1.54, 1.807) is 25.1 Å². The third-order valence-electron chi connectivity index (χ3n) is 3.62. The van der Waals surface area contributed by atoms with Crippen LogP contribution in [0.2, 0.25) is 5.02 Å². The molecule has 0 saturated carbocycles. The van der Waals surface area contributed by atoms with Gasteiger partial charge in [-0.2, -0.15) is 0 Å². The summed E-state index contributed by atoms with van der Waals surface area (Å²) in [4.78, 5) is 12.5. The molecular formula is C18H13ClF2N2O2. The highest BCUT2D eigenvalue weighted by molar-refractivity contribution is 6.30. The van der Waals surface area contributed by atoms with Crippen LogP contribution in [0.4, 0.5) is 8.78 Å². The topological polar surface area (TPSA) is 55.1 Å². The normalized spacial score (nSPS) is 10.7. The predicted octanol–water partition coefficient (Wildman–Crippen LogP) is 4.51. The molecule has 3 aromatic rings. The molecule has 25 heavy (non-hydrogen) atoms. The van der Waals surface area contributed by atoms with Crippen LogP contribution in [0.15, 0.2) is 47.0 Å². The van der Waals surface area contributed by atoms with Gasteiger partial charge in [0.25, 0.3) is 5.91 Å². The zero-order chi connectivity index (χ0) is 18.0. The SMILES string of the molecule is Cc1onc(-c2ccc(F)cc2F)c1C(=O)NCc1cccc(Cl)c1. The number of amides is 1. The zero-order valence-corrected chi connectivity index (χ0v) is 13.9. The highest BCUT2D eigenvalue weighted by Crippen LogP contribution is 2.28. The molecule has 0 aliphatic carbocycles. The predicted molar refractivity (Wildman–Crippen MR) is 89.2 cm³/mol. The van der Waals surface area contributed by atoms with E-state index in [4.69, 9.17) is 16.1 Å². The Labute approximate surface area is 147 Å². The second-order valence-corrected chi connectivity index (χ2v) is 5.84. The van der Waals surface area contributed by atoms with Crippen LogP contribution in [0.5, 0.6) is 0 Å².